The van der Waals surface area contributed by atoms with Crippen LogP contribution in [0.3, 0.4) is 0 Å². The van der Waals surface area contributed by atoms with Crippen molar-refractivity contribution in [2.75, 3.05) is 49.1 Å². The Labute approximate surface area is 162 Å². The monoisotopic (exact) mass is 369 g/mol. The molecule has 2 aliphatic rings. The van der Waals surface area contributed by atoms with Crippen LogP contribution in [0.1, 0.15) is 44.1 Å². The fraction of sp³-hybridized carbons (Fsp3) is 0.619. The molecule has 1 aromatic heterocycles. The van der Waals surface area contributed by atoms with Crippen LogP contribution in [0.25, 0.3) is 0 Å². The first kappa shape index (κ1) is 18.3. The highest BCUT2D eigenvalue weighted by Crippen LogP contribution is 2.25. The molecule has 6 heteroatoms. The van der Waals surface area contributed by atoms with E-state index in [-0.39, 0.29) is 5.92 Å². The van der Waals surface area contributed by atoms with Crippen LogP contribution in [0.5, 0.6) is 0 Å². The van der Waals surface area contributed by atoms with Crippen LogP contribution >= 0.6 is 0 Å². The van der Waals surface area contributed by atoms with E-state index in [2.05, 4.69) is 69.9 Å². The maximum Gasteiger partial charge on any atom is 0.266 e. The Hall–Kier alpha value is -2.08. The first-order valence-electron chi connectivity index (χ1n) is 10.2. The quantitative estimate of drug-likeness (QED) is 0.824. The van der Waals surface area contributed by atoms with Crippen LogP contribution in [0.15, 0.2) is 28.8 Å². The zero-order valence-corrected chi connectivity index (χ0v) is 16.8. The summed E-state index contributed by atoms with van der Waals surface area (Å²) < 4.78 is 5.41. The van der Waals surface area contributed by atoms with E-state index in [1.54, 1.807) is 0 Å². The first-order chi connectivity index (χ1) is 13.1. The van der Waals surface area contributed by atoms with Gasteiger partial charge in [-0.1, -0.05) is 32.0 Å². The van der Waals surface area contributed by atoms with Crippen LogP contribution in [0, 0.1) is 6.92 Å². The highest BCUT2D eigenvalue weighted by molar-refractivity contribution is 5.53. The van der Waals surface area contributed by atoms with Crippen molar-refractivity contribution in [1.29, 1.82) is 0 Å². The summed E-state index contributed by atoms with van der Waals surface area (Å²) in [5.41, 5.74) is 2.75. The van der Waals surface area contributed by atoms with E-state index in [9.17, 15) is 0 Å². The van der Waals surface area contributed by atoms with Gasteiger partial charge in [-0.25, -0.2) is 0 Å². The molecule has 0 aliphatic carbocycles. The lowest BCUT2D eigenvalue weighted by Crippen LogP contribution is -2.55. The summed E-state index contributed by atoms with van der Waals surface area (Å²) in [4.78, 5) is 12.1. The Morgan fingerprint density at radius 3 is 2.52 bits per heavy atom. The molecule has 4 rings (SSSR count). The first-order valence-corrected chi connectivity index (χ1v) is 10.2. The van der Waals surface area contributed by atoms with Crippen LogP contribution in [0.4, 0.5) is 11.6 Å². The van der Waals surface area contributed by atoms with Gasteiger partial charge < -0.3 is 14.3 Å². The van der Waals surface area contributed by atoms with Crippen molar-refractivity contribution in [3.05, 3.63) is 35.7 Å². The maximum atomic E-state index is 5.41. The number of aryl methyl sites for hydroxylation is 1. The summed E-state index contributed by atoms with van der Waals surface area (Å²) in [6.07, 6.45) is 2.45. The lowest BCUT2D eigenvalue weighted by atomic mass is 10.0. The Morgan fingerprint density at radius 2 is 1.81 bits per heavy atom. The molecule has 146 valence electrons. The number of anilines is 2. The third-order valence-electron chi connectivity index (χ3n) is 5.89. The molecule has 1 atom stereocenters. The van der Waals surface area contributed by atoms with Crippen molar-refractivity contribution < 1.29 is 4.52 Å². The molecule has 2 aromatic rings. The predicted octanol–water partition coefficient (Wildman–Crippen LogP) is 3.29. The molecule has 1 unspecified atom stereocenters. The summed E-state index contributed by atoms with van der Waals surface area (Å²) in [7, 11) is 0. The molecule has 3 heterocycles. The van der Waals surface area contributed by atoms with Crippen LogP contribution in [0.2, 0.25) is 0 Å². The highest BCUT2D eigenvalue weighted by Gasteiger charge is 2.30. The Morgan fingerprint density at radius 1 is 1.04 bits per heavy atom. The number of hydrogen-bond donors (Lipinski definition) is 0. The van der Waals surface area contributed by atoms with Crippen molar-refractivity contribution in [1.82, 2.24) is 15.0 Å². The van der Waals surface area contributed by atoms with Crippen molar-refractivity contribution >= 4 is 11.6 Å². The zero-order chi connectivity index (χ0) is 18.8. The summed E-state index contributed by atoms with van der Waals surface area (Å²) in [6.45, 7) is 12.8. The van der Waals surface area contributed by atoms with Gasteiger partial charge in [0.2, 0.25) is 5.89 Å². The molecule has 0 radical (unpaired) electrons. The Bertz CT molecular complexity index is 751. The minimum absolute atomic E-state index is 0.279. The van der Waals surface area contributed by atoms with Gasteiger partial charge in [0.15, 0.2) is 0 Å². The molecule has 0 amide bonds. The molecule has 27 heavy (non-hydrogen) atoms. The maximum absolute atomic E-state index is 5.41. The summed E-state index contributed by atoms with van der Waals surface area (Å²) in [6, 6.07) is 9.30. The van der Waals surface area contributed by atoms with E-state index >= 15 is 0 Å². The number of benzene rings is 1. The molecule has 0 bridgehead atoms. The molecule has 0 spiro atoms. The van der Waals surface area contributed by atoms with Gasteiger partial charge in [-0.3, -0.25) is 4.90 Å². The molecular formula is C21H31N5O. The van der Waals surface area contributed by atoms with E-state index < -0.39 is 0 Å². The largest absolute Gasteiger partial charge is 0.369 e. The van der Waals surface area contributed by atoms with Crippen molar-refractivity contribution in [3.63, 3.8) is 0 Å². The third kappa shape index (κ3) is 3.95. The van der Waals surface area contributed by atoms with Gasteiger partial charge in [0.1, 0.15) is 0 Å². The average molecular weight is 370 g/mol. The molecule has 0 saturated carbocycles. The fourth-order valence-electron chi connectivity index (χ4n) is 4.27. The molecule has 2 aliphatic heterocycles. The lowest BCUT2D eigenvalue weighted by Gasteiger charge is -2.43. The Kier molecular flexibility index (Phi) is 5.34. The molecule has 2 saturated heterocycles. The van der Waals surface area contributed by atoms with E-state index in [0.29, 0.717) is 6.04 Å². The van der Waals surface area contributed by atoms with Gasteiger partial charge >= 0.3 is 0 Å². The fourth-order valence-corrected chi connectivity index (χ4v) is 4.27. The van der Waals surface area contributed by atoms with Crippen molar-refractivity contribution in [2.45, 2.75) is 45.6 Å². The van der Waals surface area contributed by atoms with E-state index in [1.165, 1.54) is 24.1 Å². The number of hydrogen-bond acceptors (Lipinski definition) is 6. The second kappa shape index (κ2) is 7.89. The van der Waals surface area contributed by atoms with Crippen LogP contribution < -0.4 is 9.80 Å². The summed E-state index contributed by atoms with van der Waals surface area (Å²) in [5.74, 6) is 1.78. The van der Waals surface area contributed by atoms with E-state index in [0.717, 1.165) is 51.1 Å². The topological polar surface area (TPSA) is 48.6 Å². The van der Waals surface area contributed by atoms with Gasteiger partial charge in [-0.05, 0) is 36.6 Å². The minimum Gasteiger partial charge on any atom is -0.369 e. The van der Waals surface area contributed by atoms with E-state index in [1.807, 2.05) is 0 Å². The van der Waals surface area contributed by atoms with Gasteiger partial charge in [-0.2, -0.15) is 4.98 Å². The smallest absolute Gasteiger partial charge is 0.266 e. The van der Waals surface area contributed by atoms with Gasteiger partial charge in [0, 0.05) is 56.9 Å². The second-order valence-corrected chi connectivity index (χ2v) is 8.14. The van der Waals surface area contributed by atoms with Gasteiger partial charge in [-0.15, -0.1) is 0 Å². The number of rotatable bonds is 4. The number of nitrogens with zero attached hydrogens (tertiary/aromatic N) is 5. The molecule has 6 nitrogen and oxygen atoms in total. The normalized spacial score (nSPS) is 21.9. The zero-order valence-electron chi connectivity index (χ0n) is 16.8. The number of piperidine rings is 1. The lowest BCUT2D eigenvalue weighted by molar-refractivity contribution is 0.165. The molecule has 0 N–H and O–H groups in total. The van der Waals surface area contributed by atoms with Crippen molar-refractivity contribution in [2.24, 2.45) is 0 Å². The minimum atomic E-state index is 0.279. The Balaban J connectivity index is 1.36. The summed E-state index contributed by atoms with van der Waals surface area (Å²) in [5, 5.41) is 4.22. The van der Waals surface area contributed by atoms with E-state index in [4.69, 9.17) is 4.52 Å². The average Bonchev–Trinajstić information content (AvgIpc) is 3.19. The van der Waals surface area contributed by atoms with Crippen molar-refractivity contribution in [3.8, 4) is 0 Å². The van der Waals surface area contributed by atoms with Crippen LogP contribution in [-0.2, 0) is 0 Å². The van der Waals surface area contributed by atoms with Crippen LogP contribution in [-0.4, -0.2) is 60.4 Å². The highest BCUT2D eigenvalue weighted by atomic mass is 16.5. The standard InChI is InChI=1S/C21H31N5O/c1-16(2)20-22-21(23-27-20)26-10-6-8-18(15-26)24-11-13-25(14-12-24)19-9-5-4-7-17(19)3/h4-5,7,9,16,18H,6,8,10-15H2,1-3H3. The molecule has 2 fully saturated rings. The molecular weight excluding hydrogens is 338 g/mol. The summed E-state index contributed by atoms with van der Waals surface area (Å²) >= 11 is 0. The number of para-hydroxylation sites is 1. The number of aromatic nitrogens is 2. The molecule has 1 aromatic carbocycles. The van der Waals surface area contributed by atoms with Gasteiger partial charge in [0.25, 0.3) is 5.95 Å². The number of piperazine rings is 1. The van der Waals surface area contributed by atoms with Gasteiger partial charge in [0.05, 0.1) is 0 Å². The predicted molar refractivity (Wildman–Crippen MR) is 109 cm³/mol. The third-order valence-corrected chi connectivity index (χ3v) is 5.89. The second-order valence-electron chi connectivity index (χ2n) is 8.14. The SMILES string of the molecule is Cc1ccccc1N1CCN(C2CCCN(c3noc(C(C)C)n3)C2)CC1.